The maximum atomic E-state index is 12.4. The van der Waals surface area contributed by atoms with Gasteiger partial charge >= 0.3 is 0 Å². The van der Waals surface area contributed by atoms with Crippen molar-refractivity contribution in [1.29, 1.82) is 0 Å². The summed E-state index contributed by atoms with van der Waals surface area (Å²) < 4.78 is 29.5. The Kier molecular flexibility index (Phi) is 3.62. The van der Waals surface area contributed by atoms with Crippen molar-refractivity contribution in [3.63, 3.8) is 0 Å². The predicted octanol–water partition coefficient (Wildman–Crippen LogP) is 2.22. The number of nitrogens with one attached hydrogen (secondary N) is 1. The number of hydrogen-bond donors (Lipinski definition) is 1. The number of H-pyrrole nitrogens is 1. The van der Waals surface area contributed by atoms with Crippen LogP contribution >= 0.6 is 15.9 Å². The van der Waals surface area contributed by atoms with Crippen molar-refractivity contribution in [3.05, 3.63) is 27.5 Å². The first-order valence-electron chi connectivity index (χ1n) is 3.74. The molecule has 0 aliphatic heterocycles. The van der Waals surface area contributed by atoms with Crippen molar-refractivity contribution in [3.8, 4) is 5.88 Å². The van der Waals surface area contributed by atoms with Gasteiger partial charge in [-0.2, -0.15) is 0 Å². The Hall–Kier alpha value is -0.910. The third kappa shape index (κ3) is 2.12. The van der Waals surface area contributed by atoms with E-state index >= 15 is 0 Å². The summed E-state index contributed by atoms with van der Waals surface area (Å²) in [4.78, 5) is 13.4. The van der Waals surface area contributed by atoms with Crippen molar-refractivity contribution >= 4 is 15.9 Å². The molecule has 1 heterocycles. The van der Waals surface area contributed by atoms with Crippen molar-refractivity contribution < 1.29 is 13.5 Å². The average Bonchev–Trinajstić information content (AvgIpc) is 2.16. The Morgan fingerprint density at radius 3 is 2.71 bits per heavy atom. The topological polar surface area (TPSA) is 42.1 Å². The number of pyridine rings is 1. The maximum absolute atomic E-state index is 12.4. The van der Waals surface area contributed by atoms with E-state index in [0.717, 1.165) is 6.07 Å². The molecule has 0 radical (unpaired) electrons. The lowest BCUT2D eigenvalue weighted by molar-refractivity contribution is 0.146. The highest BCUT2D eigenvalue weighted by atomic mass is 79.9. The number of aromatic nitrogens is 1. The second-order valence-corrected chi connectivity index (χ2v) is 3.11. The minimum absolute atomic E-state index is 0.185. The van der Waals surface area contributed by atoms with Gasteiger partial charge in [0.2, 0.25) is 5.88 Å². The average molecular weight is 268 g/mol. The second-order valence-electron chi connectivity index (χ2n) is 2.55. The molecule has 0 amide bonds. The van der Waals surface area contributed by atoms with Gasteiger partial charge in [0.1, 0.15) is 0 Å². The molecule has 0 aliphatic carbocycles. The van der Waals surface area contributed by atoms with Crippen LogP contribution in [0.5, 0.6) is 5.88 Å². The largest absolute Gasteiger partial charge is 0.482 e. The van der Waals surface area contributed by atoms with E-state index in [0.29, 0.717) is 0 Å². The number of ether oxygens (including phenoxy) is 1. The van der Waals surface area contributed by atoms with Gasteiger partial charge in [-0.3, -0.25) is 9.78 Å². The summed E-state index contributed by atoms with van der Waals surface area (Å²) in [7, 11) is 1.23. The molecule has 0 bridgehead atoms. The van der Waals surface area contributed by atoms with Crippen LogP contribution in [-0.4, -0.2) is 12.1 Å². The minimum Gasteiger partial charge on any atom is -0.482 e. The predicted molar refractivity (Wildman–Crippen MR) is 51.2 cm³/mol. The zero-order valence-corrected chi connectivity index (χ0v) is 8.90. The number of halogens is 3. The van der Waals surface area contributed by atoms with E-state index in [-0.39, 0.29) is 22.3 Å². The van der Waals surface area contributed by atoms with Crippen molar-refractivity contribution in [2.24, 2.45) is 0 Å². The van der Waals surface area contributed by atoms with Gasteiger partial charge in [0.15, 0.2) is 0 Å². The molecule has 0 saturated heterocycles. The summed E-state index contributed by atoms with van der Waals surface area (Å²) in [5, 5.41) is 0.228. The van der Waals surface area contributed by atoms with E-state index in [1.165, 1.54) is 7.11 Å². The molecule has 6 heteroatoms. The van der Waals surface area contributed by atoms with Gasteiger partial charge in [0.05, 0.1) is 12.7 Å². The van der Waals surface area contributed by atoms with Gasteiger partial charge in [0.25, 0.3) is 12.0 Å². The normalized spacial score (nSPS) is 10.6. The molecule has 0 aliphatic rings. The third-order valence-electron chi connectivity index (χ3n) is 1.69. The highest BCUT2D eigenvalue weighted by Crippen LogP contribution is 2.26. The van der Waals surface area contributed by atoms with Crippen LogP contribution in [0, 0.1) is 0 Å². The van der Waals surface area contributed by atoms with Crippen LogP contribution < -0.4 is 10.3 Å². The highest BCUT2D eigenvalue weighted by Gasteiger charge is 2.16. The summed E-state index contributed by atoms with van der Waals surface area (Å²) >= 11 is 3.03. The van der Waals surface area contributed by atoms with E-state index in [9.17, 15) is 13.6 Å². The Labute approximate surface area is 87.2 Å². The smallest absolute Gasteiger partial charge is 0.268 e. The fraction of sp³-hybridized carbons (Fsp3) is 0.375. The second kappa shape index (κ2) is 4.54. The molecule has 14 heavy (non-hydrogen) atoms. The van der Waals surface area contributed by atoms with Gasteiger partial charge in [0, 0.05) is 10.9 Å². The molecule has 0 atom stereocenters. The van der Waals surface area contributed by atoms with E-state index in [1.54, 1.807) is 0 Å². The van der Waals surface area contributed by atoms with Crippen LogP contribution in [0.1, 0.15) is 17.6 Å². The molecular formula is C8H8BrF2NO2. The summed E-state index contributed by atoms with van der Waals surface area (Å²) in [6.07, 6.45) is -2.67. The van der Waals surface area contributed by atoms with E-state index in [4.69, 9.17) is 0 Å². The van der Waals surface area contributed by atoms with Crippen LogP contribution in [0.3, 0.4) is 0 Å². The van der Waals surface area contributed by atoms with Crippen LogP contribution in [0.4, 0.5) is 8.78 Å². The first-order valence-corrected chi connectivity index (χ1v) is 4.86. The number of alkyl halides is 3. The fourth-order valence-electron chi connectivity index (χ4n) is 1.00. The molecule has 0 fully saturated rings. The Morgan fingerprint density at radius 2 is 2.29 bits per heavy atom. The molecule has 78 valence electrons. The molecule has 0 aromatic carbocycles. The van der Waals surface area contributed by atoms with E-state index < -0.39 is 12.0 Å². The number of rotatable bonds is 3. The molecule has 3 nitrogen and oxygen atoms in total. The molecule has 1 N–H and O–H groups in total. The van der Waals surface area contributed by atoms with E-state index in [1.807, 2.05) is 0 Å². The molecule has 0 unspecified atom stereocenters. The van der Waals surface area contributed by atoms with Gasteiger partial charge in [-0.05, 0) is 6.07 Å². The summed E-state index contributed by atoms with van der Waals surface area (Å²) in [5.74, 6) is -0.185. The molecule has 0 spiro atoms. The van der Waals surface area contributed by atoms with E-state index in [2.05, 4.69) is 25.7 Å². The minimum atomic E-state index is -2.67. The Balaban J connectivity index is 3.32. The van der Waals surface area contributed by atoms with Gasteiger partial charge < -0.3 is 4.74 Å². The lowest BCUT2D eigenvalue weighted by Gasteiger charge is -2.07. The lowest BCUT2D eigenvalue weighted by Crippen LogP contribution is -2.14. The van der Waals surface area contributed by atoms with Crippen molar-refractivity contribution in [1.82, 2.24) is 4.98 Å². The van der Waals surface area contributed by atoms with Crippen LogP contribution in [0.25, 0.3) is 0 Å². The standard InChI is InChI=1S/C8H8BrF2NO2/c1-14-8-5(6(10)11)2-4(3-9)7(13)12-8/h2,6H,3H2,1H3,(H,12,13). The lowest BCUT2D eigenvalue weighted by atomic mass is 10.2. The van der Waals surface area contributed by atoms with Gasteiger partial charge in [-0.1, -0.05) is 15.9 Å². The number of hydrogen-bond acceptors (Lipinski definition) is 2. The maximum Gasteiger partial charge on any atom is 0.268 e. The van der Waals surface area contributed by atoms with Crippen LogP contribution in [0.15, 0.2) is 10.9 Å². The zero-order valence-electron chi connectivity index (χ0n) is 7.31. The quantitative estimate of drug-likeness (QED) is 0.854. The van der Waals surface area contributed by atoms with Gasteiger partial charge in [-0.25, -0.2) is 8.78 Å². The number of aromatic amines is 1. The van der Waals surface area contributed by atoms with Crippen molar-refractivity contribution in [2.75, 3.05) is 7.11 Å². The highest BCUT2D eigenvalue weighted by molar-refractivity contribution is 9.08. The first kappa shape index (κ1) is 11.2. The first-order chi connectivity index (χ1) is 6.60. The molecule has 1 rings (SSSR count). The molecular weight excluding hydrogens is 260 g/mol. The van der Waals surface area contributed by atoms with Crippen LogP contribution in [0.2, 0.25) is 0 Å². The zero-order chi connectivity index (χ0) is 10.7. The SMILES string of the molecule is COc1[nH]c(=O)c(CBr)cc1C(F)F. The van der Waals surface area contributed by atoms with Crippen LogP contribution in [-0.2, 0) is 5.33 Å². The van der Waals surface area contributed by atoms with Gasteiger partial charge in [-0.15, -0.1) is 0 Å². The Morgan fingerprint density at radius 1 is 1.64 bits per heavy atom. The van der Waals surface area contributed by atoms with Crippen molar-refractivity contribution in [2.45, 2.75) is 11.8 Å². The molecule has 1 aromatic heterocycles. The monoisotopic (exact) mass is 267 g/mol. The summed E-state index contributed by atoms with van der Waals surface area (Å²) in [5.41, 5.74) is -0.481. The fourth-order valence-corrected chi connectivity index (χ4v) is 1.42. The number of methoxy groups -OCH3 is 1. The Bertz CT molecular complexity index is 378. The molecule has 0 saturated carbocycles. The molecule has 1 aromatic rings. The third-order valence-corrected chi connectivity index (χ3v) is 2.30. The summed E-state index contributed by atoms with van der Waals surface area (Å²) in [6.45, 7) is 0. The summed E-state index contributed by atoms with van der Waals surface area (Å²) in [6, 6.07) is 1.14.